The van der Waals surface area contributed by atoms with Gasteiger partial charge in [-0.3, -0.25) is 38.2 Å². The van der Waals surface area contributed by atoms with Gasteiger partial charge in [-0.15, -0.1) is 0 Å². The van der Waals surface area contributed by atoms with E-state index in [0.717, 1.165) is 22.8 Å². The molecule has 9 rings (SSSR count). The smallest absolute Gasteiger partial charge is 0.778 e. The van der Waals surface area contributed by atoms with Gasteiger partial charge in [0, 0.05) is 49.4 Å². The molecule has 22 N–H and O–H groups in total. The summed E-state index contributed by atoms with van der Waals surface area (Å²) in [4.78, 5) is 174. The quantitative estimate of drug-likeness (QED) is 0.0296. The van der Waals surface area contributed by atoms with Crippen LogP contribution in [0.4, 0.5) is 0 Å². The van der Waals surface area contributed by atoms with Gasteiger partial charge in [-0.05, 0) is 93.0 Å². The molecule has 0 saturated heterocycles. The Labute approximate surface area is 592 Å². The van der Waals surface area contributed by atoms with Crippen molar-refractivity contribution >= 4 is 60.8 Å². The number of rotatable bonds is 20. The summed E-state index contributed by atoms with van der Waals surface area (Å²) in [5.74, 6) is 0. The molecule has 552 valence electrons. The molecule has 0 aliphatic heterocycles. The summed E-state index contributed by atoms with van der Waals surface area (Å²) >= 11 is 0. The van der Waals surface area contributed by atoms with Crippen molar-refractivity contribution in [2.75, 3.05) is 0 Å². The molecule has 5 aromatic heterocycles. The van der Waals surface area contributed by atoms with Crippen molar-refractivity contribution in [3.63, 3.8) is 0 Å². The van der Waals surface area contributed by atoms with Gasteiger partial charge in [-0.25, -0.2) is 9.97 Å². The van der Waals surface area contributed by atoms with Gasteiger partial charge < -0.3 is 118 Å². The van der Waals surface area contributed by atoms with E-state index in [1.807, 2.05) is 72.8 Å². The normalized spacial score (nSPS) is 13.3. The number of pyridine rings is 4. The van der Waals surface area contributed by atoms with Crippen molar-refractivity contribution in [2.45, 2.75) is 49.3 Å². The van der Waals surface area contributed by atoms with Gasteiger partial charge in [0.25, 0.3) is 0 Å². The number of hydrogen-bond donors (Lipinski definition) is 12. The number of benzene rings is 4. The van der Waals surface area contributed by atoms with E-state index < -0.39 is 85.4 Å². The molecule has 4 atom stereocenters. The van der Waals surface area contributed by atoms with Crippen molar-refractivity contribution in [3.05, 3.63) is 239 Å². The summed E-state index contributed by atoms with van der Waals surface area (Å²) in [6.45, 7) is 0. The minimum absolute atomic E-state index is 0. The van der Waals surface area contributed by atoms with Crippen LogP contribution in [-0.4, -0.2) is 99.6 Å². The van der Waals surface area contributed by atoms with Crippen molar-refractivity contribution in [1.82, 2.24) is 29.9 Å². The van der Waals surface area contributed by atoms with Crippen molar-refractivity contribution in [2.24, 2.45) is 0 Å². The fourth-order valence-corrected chi connectivity index (χ4v) is 13.5. The first-order chi connectivity index (χ1) is 43.5. The molecule has 9 aromatic rings. The van der Waals surface area contributed by atoms with Gasteiger partial charge in [0.05, 0.1) is 47.4 Å². The third-order valence-electron chi connectivity index (χ3n) is 11.7. The molecule has 0 amide bonds. The monoisotopic (exact) mass is 1650 g/mol. The molecule has 0 aliphatic carbocycles. The average molecular weight is 1650 g/mol. The fraction of sp³-hybridized carbons (Fsp3) is 0.143. The molecule has 2 radical (unpaired) electrons. The molecule has 44 heteroatoms. The van der Waals surface area contributed by atoms with Crippen LogP contribution in [0.2, 0.25) is 0 Å². The predicted octanol–water partition coefficient (Wildman–Crippen LogP) is 2.87. The maximum atomic E-state index is 10.7. The van der Waals surface area contributed by atoms with Crippen LogP contribution in [0.25, 0.3) is 45.6 Å². The summed E-state index contributed by atoms with van der Waals surface area (Å²) in [5, 5.41) is 0. The second-order valence-electron chi connectivity index (χ2n) is 20.2. The Morgan fingerprint density at radius 3 is 0.500 bits per heavy atom. The van der Waals surface area contributed by atoms with Crippen molar-refractivity contribution < 1.29 is 171 Å². The Kier molecular flexibility index (Phi) is 41.6. The molecular weight excluding hydrogens is 1580 g/mol. The fourth-order valence-electron chi connectivity index (χ4n) is 8.04. The molecule has 0 saturated carbocycles. The summed E-state index contributed by atoms with van der Waals surface area (Å²) < 4.78 is 85.0. The van der Waals surface area contributed by atoms with Gasteiger partial charge >= 0.3 is 64.5 Å². The summed E-state index contributed by atoms with van der Waals surface area (Å²) in [6.07, 6.45) is 3.49. The van der Waals surface area contributed by atoms with E-state index >= 15 is 0 Å². The zero-order valence-corrected chi connectivity index (χ0v) is 60.5. The summed E-state index contributed by atoms with van der Waals surface area (Å²) in [5.41, 5.74) is 8.60. The molecule has 0 fully saturated rings. The van der Waals surface area contributed by atoms with Crippen LogP contribution in [-0.2, 0) is 131 Å². The SMILES string of the molecule is O.O.O=P(O)(O)Cc1ccc(CP(=O)(O)O)cc1.O=P([O-])(O)Cc1ccc(CP(=O)(O)O)cc1.O=P([O-])(O)Cc1ccc(CP(=O)(O)O)cc1.O=P([O-])(O)Cc1ccc(CP(=O)([O-])O)cc1.[Cu+2].[Cu+2].[OH3+].[OH3+].c1ccc(-c2nc(-c3ccccn3)c(-c3ccccn3)nc2-c2ccccn2)nc1. The molecule has 4 aromatic carbocycles. The molecule has 0 spiro atoms. The first kappa shape index (κ1) is 96.7. The molecule has 0 bridgehead atoms. The van der Waals surface area contributed by atoms with Crippen LogP contribution in [0.5, 0.6) is 0 Å². The topological polar surface area (TPSA) is 678 Å². The molecule has 34 nitrogen and oxygen atoms in total. The van der Waals surface area contributed by atoms with E-state index in [1.54, 1.807) is 24.8 Å². The molecule has 4 unspecified atom stereocenters. The maximum Gasteiger partial charge on any atom is 2.00 e. The number of hydrogen-bond acceptors (Lipinski definition) is 18. The van der Waals surface area contributed by atoms with E-state index in [4.69, 9.17) is 68.7 Å². The van der Waals surface area contributed by atoms with E-state index in [-0.39, 0.29) is 80.7 Å². The Morgan fingerprint density at radius 1 is 0.250 bits per heavy atom. The number of nitrogens with zero attached hydrogens (tertiary/aromatic N) is 6. The van der Waals surface area contributed by atoms with Gasteiger partial charge in [-0.2, -0.15) is 0 Å². The summed E-state index contributed by atoms with van der Waals surface area (Å²) in [6, 6.07) is 45.5. The molecular formula is C56H70Cu2N6O28P8+2. The third-order valence-corrected chi connectivity index (χ3v) is 17.9. The van der Waals surface area contributed by atoms with Crippen LogP contribution >= 0.6 is 60.8 Å². The van der Waals surface area contributed by atoms with Gasteiger partial charge in [0.15, 0.2) is 0 Å². The van der Waals surface area contributed by atoms with Crippen LogP contribution in [0.3, 0.4) is 0 Å². The standard InChI is InChI=1S/C24H16N6.4C8H12O6P2.2Cu.4H2O/c1-5-13-25-17(9-1)21-22(18-10-2-6-14-26-18)30-24(20-12-4-8-16-28-20)23(29-21)19-11-3-7-15-27-19;4*9-15(10,11)5-7-1-2-8(4-3-7)6-16(12,13)14;;;;;;/h1-16H;4*1-4H,5-6H2,(H2,9,10,11)(H2,12,13,14);;;4*1H2/q;;;;;2*+2;;;;/p-2. The van der Waals surface area contributed by atoms with Crippen molar-refractivity contribution in [3.8, 4) is 45.6 Å². The van der Waals surface area contributed by atoms with Gasteiger partial charge in [0.2, 0.25) is 0 Å². The Balaban J connectivity index is 0. The first-order valence-electron chi connectivity index (χ1n) is 26.7. The Morgan fingerprint density at radius 2 is 0.390 bits per heavy atom. The first-order valence-corrected chi connectivity index (χ1v) is 41.0. The second-order valence-corrected chi connectivity index (χ2v) is 33.2. The van der Waals surface area contributed by atoms with E-state index in [0.29, 0.717) is 67.3 Å². The molecule has 100 heavy (non-hydrogen) atoms. The van der Waals surface area contributed by atoms with E-state index in [1.165, 1.54) is 97.1 Å². The largest absolute Gasteiger partial charge is 2.00 e. The third kappa shape index (κ3) is 40.5. The minimum Gasteiger partial charge on any atom is -0.778 e. The van der Waals surface area contributed by atoms with E-state index in [9.17, 15) is 56.1 Å². The maximum absolute atomic E-state index is 10.7. The number of aromatic nitrogens is 6. The van der Waals surface area contributed by atoms with Crippen LogP contribution in [0, 0.1) is 0 Å². The predicted molar refractivity (Wildman–Crippen MR) is 355 cm³/mol. The second kappa shape index (κ2) is 43.0. The van der Waals surface area contributed by atoms with Gasteiger partial charge in [-0.1, -0.05) is 121 Å². The summed E-state index contributed by atoms with van der Waals surface area (Å²) in [7, 11) is -33.8. The Hall–Kier alpha value is -5.36. The molecule has 5 heterocycles. The zero-order chi connectivity index (χ0) is 69.8. The van der Waals surface area contributed by atoms with Gasteiger partial charge in [0.1, 0.15) is 53.2 Å². The molecule has 0 aliphatic rings. The van der Waals surface area contributed by atoms with Crippen LogP contribution in [0.1, 0.15) is 44.5 Å². The average Bonchev–Trinajstić information content (AvgIpc) is 0.769. The van der Waals surface area contributed by atoms with E-state index in [2.05, 4.69) is 19.9 Å². The Bertz CT molecular complexity index is 3590. The van der Waals surface area contributed by atoms with Crippen molar-refractivity contribution in [1.29, 1.82) is 0 Å². The zero-order valence-electron chi connectivity index (χ0n) is 51.4. The minimum atomic E-state index is -4.36. The van der Waals surface area contributed by atoms with Crippen LogP contribution in [0.15, 0.2) is 195 Å². The van der Waals surface area contributed by atoms with Crippen LogP contribution < -0.4 is 19.6 Å².